The fourth-order valence-electron chi connectivity index (χ4n) is 3.86. The van der Waals surface area contributed by atoms with E-state index in [1.807, 2.05) is 0 Å². The van der Waals surface area contributed by atoms with E-state index in [-0.39, 0.29) is 42.1 Å². The third kappa shape index (κ3) is 7.76. The zero-order chi connectivity index (χ0) is 19.8. The molecule has 1 aliphatic carbocycles. The van der Waals surface area contributed by atoms with E-state index >= 15 is 0 Å². The Kier molecular flexibility index (Phi) is 7.92. The Balaban J connectivity index is 2.51. The number of carbonyl (C=O) groups excluding carboxylic acids is 3. The molecule has 8 heteroatoms. The van der Waals surface area contributed by atoms with Crippen LogP contribution in [0.25, 0.3) is 0 Å². The minimum atomic E-state index is -0.513. The molecule has 4 N–H and O–H groups in total. The van der Waals surface area contributed by atoms with Gasteiger partial charge in [-0.25, -0.2) is 14.4 Å². The van der Waals surface area contributed by atoms with Crippen LogP contribution in [-0.2, 0) is 9.53 Å². The summed E-state index contributed by atoms with van der Waals surface area (Å²) < 4.78 is 4.82. The van der Waals surface area contributed by atoms with Crippen LogP contribution in [0.3, 0.4) is 0 Å². The Morgan fingerprint density at radius 3 is 2.46 bits per heavy atom. The molecule has 1 fully saturated rings. The molecule has 148 valence electrons. The average Bonchev–Trinajstić information content (AvgIpc) is 2.54. The SMILES string of the molecule is C=CC(=O)OCCNC(=O)NC1CC(C)(C)CC(C)(CNC(=O)NC)C1. The molecule has 0 aromatic rings. The van der Waals surface area contributed by atoms with Crippen LogP contribution in [0.1, 0.15) is 40.0 Å². The predicted molar refractivity (Wildman–Crippen MR) is 99.7 cm³/mol. The van der Waals surface area contributed by atoms with E-state index in [9.17, 15) is 14.4 Å². The van der Waals surface area contributed by atoms with Gasteiger partial charge in [0.1, 0.15) is 6.61 Å². The molecule has 2 unspecified atom stereocenters. The van der Waals surface area contributed by atoms with Gasteiger partial charge in [-0.3, -0.25) is 0 Å². The van der Waals surface area contributed by atoms with Gasteiger partial charge < -0.3 is 26.0 Å². The minimum Gasteiger partial charge on any atom is -0.461 e. The van der Waals surface area contributed by atoms with Gasteiger partial charge in [-0.15, -0.1) is 0 Å². The van der Waals surface area contributed by atoms with Crippen LogP contribution in [0.2, 0.25) is 0 Å². The zero-order valence-corrected chi connectivity index (χ0v) is 16.2. The van der Waals surface area contributed by atoms with Crippen molar-refractivity contribution in [2.24, 2.45) is 10.8 Å². The first kappa shape index (κ1) is 21.8. The average molecular weight is 368 g/mol. The third-order valence-corrected chi connectivity index (χ3v) is 4.48. The van der Waals surface area contributed by atoms with Gasteiger partial charge in [-0.2, -0.15) is 0 Å². The number of urea groups is 2. The third-order valence-electron chi connectivity index (χ3n) is 4.48. The van der Waals surface area contributed by atoms with Crippen molar-refractivity contribution in [2.45, 2.75) is 46.1 Å². The lowest BCUT2D eigenvalue weighted by molar-refractivity contribution is -0.137. The van der Waals surface area contributed by atoms with Crippen LogP contribution >= 0.6 is 0 Å². The van der Waals surface area contributed by atoms with Gasteiger partial charge in [0, 0.05) is 25.7 Å². The predicted octanol–water partition coefficient (Wildman–Crippen LogP) is 1.53. The highest BCUT2D eigenvalue weighted by Crippen LogP contribution is 2.45. The van der Waals surface area contributed by atoms with Gasteiger partial charge in [-0.1, -0.05) is 27.4 Å². The second-order valence-electron chi connectivity index (χ2n) is 7.96. The van der Waals surface area contributed by atoms with Crippen LogP contribution in [0.4, 0.5) is 9.59 Å². The molecule has 0 bridgehead atoms. The lowest BCUT2D eigenvalue weighted by atomic mass is 9.62. The molecule has 0 saturated heterocycles. The Labute approximate surface area is 155 Å². The normalized spacial score (nSPS) is 24.1. The van der Waals surface area contributed by atoms with Crippen LogP contribution < -0.4 is 21.3 Å². The summed E-state index contributed by atoms with van der Waals surface area (Å²) >= 11 is 0. The van der Waals surface area contributed by atoms with Gasteiger partial charge in [0.05, 0.1) is 6.54 Å². The van der Waals surface area contributed by atoms with Crippen molar-refractivity contribution in [1.82, 2.24) is 21.3 Å². The van der Waals surface area contributed by atoms with Crippen molar-refractivity contribution in [3.63, 3.8) is 0 Å². The Morgan fingerprint density at radius 2 is 1.85 bits per heavy atom. The highest BCUT2D eigenvalue weighted by Gasteiger charge is 2.41. The summed E-state index contributed by atoms with van der Waals surface area (Å²) in [4.78, 5) is 34.5. The van der Waals surface area contributed by atoms with E-state index in [1.165, 1.54) is 0 Å². The fourth-order valence-corrected chi connectivity index (χ4v) is 3.86. The van der Waals surface area contributed by atoms with E-state index in [2.05, 4.69) is 48.6 Å². The Bertz CT molecular complexity index is 535. The van der Waals surface area contributed by atoms with Gasteiger partial charge in [0.15, 0.2) is 0 Å². The number of carbonyl (C=O) groups is 3. The summed E-state index contributed by atoms with van der Waals surface area (Å²) in [6, 6.07) is -0.485. The number of rotatable bonds is 7. The number of esters is 1. The molecule has 2 atom stereocenters. The maximum absolute atomic E-state index is 12.1. The number of amides is 4. The van der Waals surface area contributed by atoms with E-state index < -0.39 is 5.97 Å². The van der Waals surface area contributed by atoms with Crippen molar-refractivity contribution in [3.05, 3.63) is 12.7 Å². The molecule has 8 nitrogen and oxygen atoms in total. The van der Waals surface area contributed by atoms with E-state index in [0.717, 1.165) is 25.3 Å². The second kappa shape index (κ2) is 9.45. The second-order valence-corrected chi connectivity index (χ2v) is 7.96. The Hall–Kier alpha value is -2.25. The molecule has 0 radical (unpaired) electrons. The van der Waals surface area contributed by atoms with E-state index in [1.54, 1.807) is 7.05 Å². The molecule has 0 aromatic heterocycles. The molecule has 1 aliphatic rings. The number of ether oxygens (including phenoxy) is 1. The topological polar surface area (TPSA) is 109 Å². The van der Waals surface area contributed by atoms with Crippen LogP contribution in [0.5, 0.6) is 0 Å². The number of hydrogen-bond donors (Lipinski definition) is 4. The largest absolute Gasteiger partial charge is 0.461 e. The van der Waals surface area contributed by atoms with Crippen molar-refractivity contribution < 1.29 is 19.1 Å². The van der Waals surface area contributed by atoms with Crippen LogP contribution in [0, 0.1) is 10.8 Å². The molecule has 0 aromatic carbocycles. The molecule has 0 heterocycles. The highest BCUT2D eigenvalue weighted by atomic mass is 16.5. The van der Waals surface area contributed by atoms with Gasteiger partial charge in [-0.05, 0) is 30.1 Å². The summed E-state index contributed by atoms with van der Waals surface area (Å²) in [6.07, 6.45) is 3.68. The molecule has 26 heavy (non-hydrogen) atoms. The first-order chi connectivity index (χ1) is 12.1. The highest BCUT2D eigenvalue weighted by molar-refractivity contribution is 5.81. The summed E-state index contributed by atoms with van der Waals surface area (Å²) in [7, 11) is 1.59. The standard InChI is InChI=1S/C18H32N4O4/c1-6-14(23)26-8-7-20-16(25)22-13-9-17(2,3)11-18(4,10-13)12-21-15(24)19-5/h6,13H,1,7-12H2,2-5H3,(H2,19,21,24)(H2,20,22,25). The van der Waals surface area contributed by atoms with Crippen molar-refractivity contribution in [2.75, 3.05) is 26.7 Å². The van der Waals surface area contributed by atoms with E-state index in [0.29, 0.717) is 6.54 Å². The smallest absolute Gasteiger partial charge is 0.330 e. The quantitative estimate of drug-likeness (QED) is 0.310. The molecule has 1 rings (SSSR count). The lowest BCUT2D eigenvalue weighted by Crippen LogP contribution is -2.53. The summed E-state index contributed by atoms with van der Waals surface area (Å²) in [5.74, 6) is -0.513. The summed E-state index contributed by atoms with van der Waals surface area (Å²) in [5.41, 5.74) is -0.0551. The van der Waals surface area contributed by atoms with Gasteiger partial charge in [0.2, 0.25) is 0 Å². The molecule has 0 aliphatic heterocycles. The van der Waals surface area contributed by atoms with Crippen LogP contribution in [0.15, 0.2) is 12.7 Å². The molecule has 0 spiro atoms. The van der Waals surface area contributed by atoms with Crippen LogP contribution in [-0.4, -0.2) is 50.8 Å². The first-order valence-electron chi connectivity index (χ1n) is 8.88. The number of hydrogen-bond acceptors (Lipinski definition) is 4. The maximum Gasteiger partial charge on any atom is 0.330 e. The summed E-state index contributed by atoms with van der Waals surface area (Å²) in [5, 5.41) is 11.1. The number of nitrogens with one attached hydrogen (secondary N) is 4. The first-order valence-corrected chi connectivity index (χ1v) is 8.88. The fraction of sp³-hybridized carbons (Fsp3) is 0.722. The molecular formula is C18H32N4O4. The monoisotopic (exact) mass is 368 g/mol. The Morgan fingerprint density at radius 1 is 1.15 bits per heavy atom. The van der Waals surface area contributed by atoms with Crippen molar-refractivity contribution in [1.29, 1.82) is 0 Å². The molecular weight excluding hydrogens is 336 g/mol. The zero-order valence-electron chi connectivity index (χ0n) is 16.2. The van der Waals surface area contributed by atoms with Crippen molar-refractivity contribution >= 4 is 18.0 Å². The lowest BCUT2D eigenvalue weighted by Gasteiger charge is -2.46. The van der Waals surface area contributed by atoms with Crippen molar-refractivity contribution in [3.8, 4) is 0 Å². The van der Waals surface area contributed by atoms with Gasteiger partial charge in [0.25, 0.3) is 0 Å². The van der Waals surface area contributed by atoms with E-state index in [4.69, 9.17) is 4.74 Å². The van der Waals surface area contributed by atoms with Gasteiger partial charge >= 0.3 is 18.0 Å². The maximum atomic E-state index is 12.1. The summed E-state index contributed by atoms with van der Waals surface area (Å²) in [6.45, 7) is 10.7. The molecule has 1 saturated carbocycles. The molecule has 4 amide bonds. The minimum absolute atomic E-state index is 0.00552.